The van der Waals surface area contributed by atoms with E-state index in [4.69, 9.17) is 5.16 Å². The molecule has 0 bridgehead atoms. The summed E-state index contributed by atoms with van der Waals surface area (Å²) in [6.45, 7) is 3.70. The third-order valence-electron chi connectivity index (χ3n) is 0.353. The van der Waals surface area contributed by atoms with Crippen LogP contribution in [0.5, 0.6) is 0 Å². The highest BCUT2D eigenvalue weighted by atomic mass is 31.1. The highest BCUT2D eigenvalue weighted by Gasteiger charge is 1.66. The van der Waals surface area contributed by atoms with Crippen LogP contribution in [0.15, 0.2) is 12.1 Å². The van der Waals surface area contributed by atoms with E-state index < -0.39 is 0 Å². The molecule has 0 saturated heterocycles. The first-order chi connectivity index (χ1) is 2.91. The van der Waals surface area contributed by atoms with E-state index in [9.17, 15) is 0 Å². The molecule has 0 aromatic carbocycles. The average Bonchev–Trinajstić information content (AvgIpc) is 1.61. The first kappa shape index (κ1) is 5.90. The van der Waals surface area contributed by atoms with Gasteiger partial charge in [0.05, 0.1) is 0 Å². The van der Waals surface area contributed by atoms with Crippen molar-refractivity contribution in [2.45, 2.75) is 6.92 Å². The van der Waals surface area contributed by atoms with Gasteiger partial charge in [0.25, 0.3) is 0 Å². The summed E-state index contributed by atoms with van der Waals surface area (Å²) in [5.74, 6) is 1.86. The van der Waals surface area contributed by atoms with Gasteiger partial charge in [0.15, 0.2) is 0 Å². The smallest absolute Gasteiger partial charge is 0.237 e. The molecule has 31 valence electrons. The second-order valence-corrected chi connectivity index (χ2v) is 1.36. The number of nitrogens with one attached hydrogen (secondary N) is 1. The lowest BCUT2D eigenvalue weighted by Crippen LogP contribution is -1.60. The van der Waals surface area contributed by atoms with Crippen molar-refractivity contribution in [1.82, 2.24) is 0 Å². The molecule has 0 unspecified atom stereocenters. The molecule has 0 aliphatic rings. The van der Waals surface area contributed by atoms with Crippen LogP contribution in [-0.2, 0) is 0 Å². The molecule has 0 spiro atoms. The van der Waals surface area contributed by atoms with Crippen molar-refractivity contribution in [3.8, 4) is 0 Å². The largest absolute Gasteiger partial charge is 0.296 e. The van der Waals surface area contributed by atoms with E-state index in [1.54, 1.807) is 7.00 Å². The second kappa shape index (κ2) is 4.90. The van der Waals surface area contributed by atoms with Crippen LogP contribution in [0.2, 0.25) is 0 Å². The normalized spacial score (nSPS) is 10.2. The maximum absolute atomic E-state index is 6.57. The highest BCUT2D eigenvalue weighted by Crippen LogP contribution is 1.85. The summed E-state index contributed by atoms with van der Waals surface area (Å²) in [5.41, 5.74) is 0. The standard InChI is InChI=1S/C3H6BNP/c1-2-3-4-6-5/h2-3,5H,1H3/b3-2-. The molecular formula is C3H6BNP. The Hall–Kier alpha value is -0.0951. The van der Waals surface area contributed by atoms with Gasteiger partial charge >= 0.3 is 0 Å². The number of hydrogen-bond donors (Lipinski definition) is 1. The van der Waals surface area contributed by atoms with Gasteiger partial charge < -0.3 is 0 Å². The Morgan fingerprint density at radius 1 is 1.83 bits per heavy atom. The molecule has 3 heteroatoms. The Kier molecular flexibility index (Phi) is 4.83. The zero-order valence-corrected chi connectivity index (χ0v) is 4.57. The van der Waals surface area contributed by atoms with E-state index in [0.717, 1.165) is 0 Å². The van der Waals surface area contributed by atoms with E-state index in [-0.39, 0.29) is 0 Å². The zero-order valence-electron chi connectivity index (χ0n) is 3.68. The molecule has 0 rings (SSSR count). The van der Waals surface area contributed by atoms with Gasteiger partial charge in [0.1, 0.15) is 0 Å². The monoisotopic (exact) mass is 98.0 g/mol. The van der Waals surface area contributed by atoms with Crippen molar-refractivity contribution in [2.24, 2.45) is 0 Å². The van der Waals surface area contributed by atoms with Crippen molar-refractivity contribution >= 4 is 15.3 Å². The van der Waals surface area contributed by atoms with Gasteiger partial charge in [-0.15, -0.1) is 12.1 Å². The number of hydrogen-bond acceptors (Lipinski definition) is 1. The topological polar surface area (TPSA) is 23.9 Å². The molecule has 0 aromatic rings. The molecule has 6 heavy (non-hydrogen) atoms. The number of rotatable bonds is 2. The minimum atomic E-state index is 0.584. The van der Waals surface area contributed by atoms with Crippen molar-refractivity contribution in [3.05, 3.63) is 12.1 Å². The Morgan fingerprint density at radius 3 is 2.67 bits per heavy atom. The van der Waals surface area contributed by atoms with E-state index in [2.05, 4.69) is 0 Å². The Labute approximate surface area is 40.3 Å². The van der Waals surface area contributed by atoms with E-state index in [1.165, 1.54) is 0 Å². The van der Waals surface area contributed by atoms with Gasteiger partial charge in [-0.05, 0) is 6.92 Å². The Morgan fingerprint density at radius 2 is 2.50 bits per heavy atom. The van der Waals surface area contributed by atoms with Crippen LogP contribution in [0.4, 0.5) is 0 Å². The fraction of sp³-hybridized carbons (Fsp3) is 0.333. The molecule has 0 amide bonds. The maximum Gasteiger partial charge on any atom is 0.237 e. The van der Waals surface area contributed by atoms with Crippen LogP contribution in [0.3, 0.4) is 0 Å². The molecule has 1 nitrogen and oxygen atoms in total. The summed E-state index contributed by atoms with van der Waals surface area (Å²) >= 11 is 0. The summed E-state index contributed by atoms with van der Waals surface area (Å²) in [6, 6.07) is 0. The Bertz CT molecular complexity index is 61.8. The summed E-state index contributed by atoms with van der Waals surface area (Å²) < 4.78 is 0. The van der Waals surface area contributed by atoms with Crippen LogP contribution in [0, 0.1) is 5.16 Å². The predicted octanol–water partition coefficient (Wildman–Crippen LogP) is 1.85. The van der Waals surface area contributed by atoms with Gasteiger partial charge in [0.2, 0.25) is 7.00 Å². The molecule has 0 atom stereocenters. The average molecular weight is 97.9 g/mol. The molecular weight excluding hydrogens is 91.8 g/mol. The summed E-state index contributed by atoms with van der Waals surface area (Å²) in [4.78, 5) is 0. The first-order valence-corrected chi connectivity index (χ1v) is 2.69. The van der Waals surface area contributed by atoms with Crippen molar-refractivity contribution in [2.75, 3.05) is 0 Å². The molecule has 0 heterocycles. The molecule has 0 aromatic heterocycles. The highest BCUT2D eigenvalue weighted by molar-refractivity contribution is 7.62. The van der Waals surface area contributed by atoms with Crippen LogP contribution in [0.1, 0.15) is 6.92 Å². The van der Waals surface area contributed by atoms with Crippen LogP contribution in [0.25, 0.3) is 0 Å². The van der Waals surface area contributed by atoms with Crippen molar-refractivity contribution in [3.63, 3.8) is 0 Å². The molecule has 1 N–H and O–H groups in total. The second-order valence-electron chi connectivity index (χ2n) is 0.804. The van der Waals surface area contributed by atoms with Crippen LogP contribution in [-0.4, -0.2) is 7.00 Å². The first-order valence-electron chi connectivity index (χ1n) is 1.73. The molecule has 0 aliphatic carbocycles. The molecule has 0 saturated carbocycles. The van der Waals surface area contributed by atoms with Crippen molar-refractivity contribution < 1.29 is 0 Å². The van der Waals surface area contributed by atoms with E-state index in [0.29, 0.717) is 8.25 Å². The van der Waals surface area contributed by atoms with E-state index >= 15 is 0 Å². The minimum Gasteiger partial charge on any atom is -0.296 e. The van der Waals surface area contributed by atoms with Gasteiger partial charge in [0, 0.05) is 0 Å². The third-order valence-corrected chi connectivity index (χ3v) is 0.674. The van der Waals surface area contributed by atoms with Gasteiger partial charge in [-0.1, -0.05) is 8.25 Å². The summed E-state index contributed by atoms with van der Waals surface area (Å²) in [7, 11) is 0.584. The lowest BCUT2D eigenvalue weighted by molar-refractivity contribution is 1.66. The van der Waals surface area contributed by atoms with Crippen LogP contribution >= 0.6 is 8.25 Å². The van der Waals surface area contributed by atoms with Gasteiger partial charge in [-0.25, -0.2) is 0 Å². The molecule has 0 fully saturated rings. The fourth-order valence-corrected chi connectivity index (χ4v) is 0.387. The lowest BCUT2D eigenvalue weighted by atomic mass is 10.1. The van der Waals surface area contributed by atoms with Crippen molar-refractivity contribution in [1.29, 1.82) is 5.16 Å². The minimum absolute atomic E-state index is 0.584. The van der Waals surface area contributed by atoms with Crippen LogP contribution < -0.4 is 0 Å². The van der Waals surface area contributed by atoms with E-state index in [1.807, 2.05) is 19.0 Å². The quantitative estimate of drug-likeness (QED) is 0.402. The Balaban J connectivity index is 2.85. The SMILES string of the molecule is C/C=C\[B]P=N. The van der Waals surface area contributed by atoms with Gasteiger partial charge in [-0.3, -0.25) is 5.16 Å². The van der Waals surface area contributed by atoms with Gasteiger partial charge in [-0.2, -0.15) is 0 Å². The third kappa shape index (κ3) is 3.90. The fourth-order valence-electron chi connectivity index (χ4n) is 0.129. The lowest BCUT2D eigenvalue weighted by Gasteiger charge is -1.63. The predicted molar refractivity (Wildman–Crippen MR) is 30.2 cm³/mol. The zero-order chi connectivity index (χ0) is 4.83. The molecule has 1 radical (unpaired) electrons. The summed E-state index contributed by atoms with van der Waals surface area (Å²) in [5, 5.41) is 6.57. The molecule has 0 aliphatic heterocycles. The summed E-state index contributed by atoms with van der Waals surface area (Å²) in [6.07, 6.45) is 1.90. The number of allylic oxidation sites excluding steroid dienone is 1. The maximum atomic E-state index is 6.57.